The summed E-state index contributed by atoms with van der Waals surface area (Å²) in [4.78, 5) is 12.5. The van der Waals surface area contributed by atoms with Crippen LogP contribution in [0, 0.1) is 0 Å². The highest BCUT2D eigenvalue weighted by atomic mass is 32.2. The van der Waals surface area contributed by atoms with Crippen LogP contribution >= 0.6 is 11.8 Å². The first-order valence-electron chi connectivity index (χ1n) is 9.69. The standard InChI is InChI=1S/C23H22N4O2S/c1-17(19-11-6-3-7-12-19)24-21(28)16-30-23-26-25-22(20-13-8-14-29-20)27(23)15-18-9-4-2-5-10-18/h2-14,17H,15-16H2,1H3,(H,24,28)/t17-/m1/s1. The monoisotopic (exact) mass is 418 g/mol. The lowest BCUT2D eigenvalue weighted by atomic mass is 10.1. The van der Waals surface area contributed by atoms with Crippen LogP contribution < -0.4 is 5.32 Å². The van der Waals surface area contributed by atoms with Crippen LogP contribution in [0.4, 0.5) is 0 Å². The second-order valence-corrected chi connectivity index (χ2v) is 7.79. The number of nitrogens with zero attached hydrogens (tertiary/aromatic N) is 3. The molecular formula is C23H22N4O2S. The van der Waals surface area contributed by atoms with E-state index in [1.807, 2.05) is 72.2 Å². The first kappa shape index (κ1) is 20.0. The molecule has 0 unspecified atom stereocenters. The van der Waals surface area contributed by atoms with E-state index in [0.29, 0.717) is 23.3 Å². The first-order chi connectivity index (χ1) is 14.7. The first-order valence-corrected chi connectivity index (χ1v) is 10.7. The number of furan rings is 1. The maximum absolute atomic E-state index is 12.5. The zero-order chi connectivity index (χ0) is 20.8. The smallest absolute Gasteiger partial charge is 0.230 e. The number of amides is 1. The van der Waals surface area contributed by atoms with Gasteiger partial charge in [-0.15, -0.1) is 10.2 Å². The summed E-state index contributed by atoms with van der Waals surface area (Å²) in [6, 6.07) is 23.6. The lowest BCUT2D eigenvalue weighted by molar-refractivity contribution is -0.119. The predicted octanol–water partition coefficient (Wildman–Crippen LogP) is 4.56. The van der Waals surface area contributed by atoms with E-state index in [1.54, 1.807) is 6.26 Å². The van der Waals surface area contributed by atoms with Crippen molar-refractivity contribution in [2.45, 2.75) is 24.7 Å². The Labute approximate surface area is 179 Å². The third kappa shape index (κ3) is 4.80. The van der Waals surface area contributed by atoms with Gasteiger partial charge in [-0.2, -0.15) is 0 Å². The highest BCUT2D eigenvalue weighted by Gasteiger charge is 2.18. The molecule has 0 spiro atoms. The Kier molecular flexibility index (Phi) is 6.29. The molecule has 2 aromatic carbocycles. The molecule has 2 heterocycles. The highest BCUT2D eigenvalue weighted by Crippen LogP contribution is 2.25. The molecular weight excluding hydrogens is 396 g/mol. The zero-order valence-electron chi connectivity index (χ0n) is 16.6. The number of carbonyl (C=O) groups is 1. The van der Waals surface area contributed by atoms with Crippen molar-refractivity contribution < 1.29 is 9.21 Å². The largest absolute Gasteiger partial charge is 0.461 e. The van der Waals surface area contributed by atoms with Crippen LogP contribution in [0.3, 0.4) is 0 Å². The molecule has 0 fully saturated rings. The third-order valence-electron chi connectivity index (χ3n) is 4.65. The van der Waals surface area contributed by atoms with Gasteiger partial charge in [0.2, 0.25) is 11.7 Å². The average molecular weight is 419 g/mol. The highest BCUT2D eigenvalue weighted by molar-refractivity contribution is 7.99. The topological polar surface area (TPSA) is 73.0 Å². The molecule has 4 rings (SSSR count). The van der Waals surface area contributed by atoms with Crippen molar-refractivity contribution in [3.05, 3.63) is 90.2 Å². The number of hydrogen-bond donors (Lipinski definition) is 1. The van der Waals surface area contributed by atoms with E-state index in [4.69, 9.17) is 4.42 Å². The van der Waals surface area contributed by atoms with Gasteiger partial charge in [0.15, 0.2) is 10.9 Å². The Balaban J connectivity index is 1.47. The van der Waals surface area contributed by atoms with Crippen LogP contribution in [0.25, 0.3) is 11.6 Å². The molecule has 1 amide bonds. The van der Waals surface area contributed by atoms with Crippen LogP contribution in [0.1, 0.15) is 24.1 Å². The van der Waals surface area contributed by atoms with Gasteiger partial charge in [-0.05, 0) is 30.2 Å². The van der Waals surface area contributed by atoms with Gasteiger partial charge >= 0.3 is 0 Å². The van der Waals surface area contributed by atoms with Crippen molar-refractivity contribution in [2.75, 3.05) is 5.75 Å². The fourth-order valence-electron chi connectivity index (χ4n) is 3.13. The minimum atomic E-state index is -0.0554. The van der Waals surface area contributed by atoms with Crippen molar-refractivity contribution in [2.24, 2.45) is 0 Å². The summed E-state index contributed by atoms with van der Waals surface area (Å²) in [5.74, 6) is 1.49. The number of aromatic nitrogens is 3. The quantitative estimate of drug-likeness (QED) is 0.425. The van der Waals surface area contributed by atoms with E-state index in [2.05, 4.69) is 27.6 Å². The molecule has 1 atom stereocenters. The molecule has 2 aromatic heterocycles. The number of hydrogen-bond acceptors (Lipinski definition) is 5. The summed E-state index contributed by atoms with van der Waals surface area (Å²) in [6.07, 6.45) is 1.61. The summed E-state index contributed by atoms with van der Waals surface area (Å²) >= 11 is 1.37. The van der Waals surface area contributed by atoms with Crippen molar-refractivity contribution in [3.63, 3.8) is 0 Å². The molecule has 6 nitrogen and oxygen atoms in total. The van der Waals surface area contributed by atoms with Gasteiger partial charge in [0, 0.05) is 0 Å². The van der Waals surface area contributed by atoms with Gasteiger partial charge in [-0.25, -0.2) is 0 Å². The molecule has 1 N–H and O–H groups in total. The Morgan fingerprint density at radius 2 is 1.77 bits per heavy atom. The second-order valence-electron chi connectivity index (χ2n) is 6.84. The lowest BCUT2D eigenvalue weighted by Crippen LogP contribution is -2.28. The number of rotatable bonds is 8. The van der Waals surface area contributed by atoms with Crippen LogP contribution in [0.5, 0.6) is 0 Å². The van der Waals surface area contributed by atoms with E-state index in [0.717, 1.165) is 11.1 Å². The summed E-state index contributed by atoms with van der Waals surface area (Å²) in [7, 11) is 0. The lowest BCUT2D eigenvalue weighted by Gasteiger charge is -2.14. The third-order valence-corrected chi connectivity index (χ3v) is 5.62. The average Bonchev–Trinajstić information content (AvgIpc) is 3.44. The summed E-state index contributed by atoms with van der Waals surface area (Å²) < 4.78 is 7.51. The molecule has 0 aliphatic rings. The Morgan fingerprint density at radius 1 is 1.03 bits per heavy atom. The van der Waals surface area contributed by atoms with Crippen molar-refractivity contribution in [3.8, 4) is 11.6 Å². The van der Waals surface area contributed by atoms with Gasteiger partial charge in [-0.3, -0.25) is 9.36 Å². The zero-order valence-corrected chi connectivity index (χ0v) is 17.4. The van der Waals surface area contributed by atoms with Crippen LogP contribution in [-0.2, 0) is 11.3 Å². The Bertz CT molecular complexity index is 1080. The molecule has 0 aliphatic carbocycles. The fraction of sp³-hybridized carbons (Fsp3) is 0.174. The van der Waals surface area contributed by atoms with Gasteiger partial charge in [0.05, 0.1) is 24.6 Å². The Morgan fingerprint density at radius 3 is 2.47 bits per heavy atom. The minimum absolute atomic E-state index is 0.0508. The molecule has 30 heavy (non-hydrogen) atoms. The van der Waals surface area contributed by atoms with Gasteiger partial charge in [0.1, 0.15) is 0 Å². The normalized spacial score (nSPS) is 11.9. The fourth-order valence-corrected chi connectivity index (χ4v) is 3.88. The van der Waals surface area contributed by atoms with Crippen LogP contribution in [0.2, 0.25) is 0 Å². The van der Waals surface area contributed by atoms with Gasteiger partial charge in [0.25, 0.3) is 0 Å². The van der Waals surface area contributed by atoms with Gasteiger partial charge < -0.3 is 9.73 Å². The molecule has 0 saturated heterocycles. The minimum Gasteiger partial charge on any atom is -0.461 e. The van der Waals surface area contributed by atoms with E-state index in [9.17, 15) is 4.79 Å². The molecule has 0 radical (unpaired) electrons. The van der Waals surface area contributed by atoms with E-state index >= 15 is 0 Å². The van der Waals surface area contributed by atoms with Crippen LogP contribution in [0.15, 0.2) is 88.6 Å². The maximum Gasteiger partial charge on any atom is 0.230 e. The molecule has 0 bridgehead atoms. The Hall–Kier alpha value is -3.32. The predicted molar refractivity (Wildman–Crippen MR) is 117 cm³/mol. The maximum atomic E-state index is 12.5. The molecule has 152 valence electrons. The number of carbonyl (C=O) groups excluding carboxylic acids is 1. The van der Waals surface area contributed by atoms with Crippen molar-refractivity contribution >= 4 is 17.7 Å². The molecule has 0 saturated carbocycles. The van der Waals surface area contributed by atoms with Crippen LogP contribution in [-0.4, -0.2) is 26.4 Å². The summed E-state index contributed by atoms with van der Waals surface area (Å²) in [5, 5.41) is 12.3. The van der Waals surface area contributed by atoms with Gasteiger partial charge in [-0.1, -0.05) is 72.4 Å². The summed E-state index contributed by atoms with van der Waals surface area (Å²) in [6.45, 7) is 2.57. The number of benzene rings is 2. The summed E-state index contributed by atoms with van der Waals surface area (Å²) in [5.41, 5.74) is 2.19. The van der Waals surface area contributed by atoms with Crippen molar-refractivity contribution in [1.29, 1.82) is 0 Å². The van der Waals surface area contributed by atoms with E-state index in [1.165, 1.54) is 11.8 Å². The molecule has 0 aliphatic heterocycles. The SMILES string of the molecule is C[C@@H](NC(=O)CSc1nnc(-c2ccco2)n1Cc1ccccc1)c1ccccc1. The molecule has 7 heteroatoms. The van der Waals surface area contributed by atoms with Crippen molar-refractivity contribution in [1.82, 2.24) is 20.1 Å². The van der Waals surface area contributed by atoms with E-state index in [-0.39, 0.29) is 17.7 Å². The second kappa shape index (κ2) is 9.45. The number of thioether (sulfide) groups is 1. The number of nitrogens with one attached hydrogen (secondary N) is 1. The van der Waals surface area contributed by atoms with E-state index < -0.39 is 0 Å². The molecule has 4 aromatic rings.